The molecule has 0 saturated carbocycles. The van der Waals surface area contributed by atoms with Crippen LogP contribution in [0.5, 0.6) is 0 Å². The van der Waals surface area contributed by atoms with Crippen LogP contribution in [0.3, 0.4) is 0 Å². The average molecular weight is 359 g/mol. The average Bonchev–Trinajstić information content (AvgIpc) is 2.58. The number of hydrogen-bond donors (Lipinski definition) is 1. The van der Waals surface area contributed by atoms with Gasteiger partial charge >= 0.3 is 0 Å². The Hall–Kier alpha value is -2.14. The van der Waals surface area contributed by atoms with Gasteiger partial charge in [-0.15, -0.1) is 0 Å². The standard InChI is InChI=1S/C19H23ClN4O/c1-12-7-9-24(10-8-12)19(25)17-11-18(22-14(3)21-17)23-16-6-4-5-15(20)13(16)2/h4-6,11-12H,7-10H2,1-3H3,(H,21,22,23). The molecule has 1 aromatic carbocycles. The van der Waals surface area contributed by atoms with E-state index in [4.69, 9.17) is 11.6 Å². The molecule has 0 radical (unpaired) electrons. The Morgan fingerprint density at radius 3 is 2.68 bits per heavy atom. The van der Waals surface area contributed by atoms with Crippen molar-refractivity contribution >= 4 is 29.0 Å². The first-order valence-electron chi connectivity index (χ1n) is 8.61. The summed E-state index contributed by atoms with van der Waals surface area (Å²) >= 11 is 6.17. The summed E-state index contributed by atoms with van der Waals surface area (Å²) in [6.07, 6.45) is 2.09. The molecule has 1 saturated heterocycles. The van der Waals surface area contributed by atoms with Crippen LogP contribution in [0.15, 0.2) is 24.3 Å². The van der Waals surface area contributed by atoms with Crippen molar-refractivity contribution in [1.82, 2.24) is 14.9 Å². The van der Waals surface area contributed by atoms with E-state index in [-0.39, 0.29) is 5.91 Å². The number of carbonyl (C=O) groups excluding carboxylic acids is 1. The van der Waals surface area contributed by atoms with Gasteiger partial charge in [-0.1, -0.05) is 24.6 Å². The lowest BCUT2D eigenvalue weighted by atomic mass is 9.99. The lowest BCUT2D eigenvalue weighted by Crippen LogP contribution is -2.38. The molecular formula is C19H23ClN4O. The summed E-state index contributed by atoms with van der Waals surface area (Å²) in [4.78, 5) is 23.4. The predicted molar refractivity (Wildman–Crippen MR) is 101 cm³/mol. The third kappa shape index (κ3) is 4.10. The second kappa shape index (κ2) is 7.40. The number of hydrogen-bond acceptors (Lipinski definition) is 4. The predicted octanol–water partition coefficient (Wildman–Crippen LogP) is 4.36. The Bertz CT molecular complexity index is 785. The van der Waals surface area contributed by atoms with Crippen molar-refractivity contribution in [3.8, 4) is 0 Å². The molecule has 1 N–H and O–H groups in total. The maximum atomic E-state index is 12.8. The van der Waals surface area contributed by atoms with Crippen LogP contribution in [-0.2, 0) is 0 Å². The topological polar surface area (TPSA) is 58.1 Å². The molecule has 1 aromatic heterocycles. The third-order valence-electron chi connectivity index (χ3n) is 4.66. The molecule has 132 valence electrons. The van der Waals surface area contributed by atoms with Gasteiger partial charge in [0.2, 0.25) is 0 Å². The van der Waals surface area contributed by atoms with Crippen molar-refractivity contribution in [2.24, 2.45) is 5.92 Å². The zero-order chi connectivity index (χ0) is 18.0. The number of halogens is 1. The first kappa shape index (κ1) is 17.7. The number of likely N-dealkylation sites (tertiary alicyclic amines) is 1. The number of nitrogens with one attached hydrogen (secondary N) is 1. The van der Waals surface area contributed by atoms with Crippen LogP contribution >= 0.6 is 11.6 Å². The highest BCUT2D eigenvalue weighted by Gasteiger charge is 2.23. The van der Waals surface area contributed by atoms with Gasteiger partial charge in [-0.05, 0) is 50.3 Å². The largest absolute Gasteiger partial charge is 0.340 e. The fraction of sp³-hybridized carbons (Fsp3) is 0.421. The summed E-state index contributed by atoms with van der Waals surface area (Å²) in [6.45, 7) is 7.55. The summed E-state index contributed by atoms with van der Waals surface area (Å²) in [5.74, 6) is 1.83. The van der Waals surface area contributed by atoms with Crippen LogP contribution in [0.4, 0.5) is 11.5 Å². The van der Waals surface area contributed by atoms with Crippen molar-refractivity contribution < 1.29 is 4.79 Å². The Morgan fingerprint density at radius 1 is 1.24 bits per heavy atom. The van der Waals surface area contributed by atoms with Crippen molar-refractivity contribution in [3.05, 3.63) is 46.4 Å². The molecule has 1 amide bonds. The van der Waals surface area contributed by atoms with E-state index in [2.05, 4.69) is 22.2 Å². The summed E-state index contributed by atoms with van der Waals surface area (Å²) < 4.78 is 0. The molecule has 0 spiro atoms. The SMILES string of the molecule is Cc1nc(Nc2cccc(Cl)c2C)cc(C(=O)N2CCC(C)CC2)n1. The fourth-order valence-corrected chi connectivity index (χ4v) is 3.17. The monoisotopic (exact) mass is 358 g/mol. The van der Waals surface area contributed by atoms with Gasteiger partial charge in [0.25, 0.3) is 5.91 Å². The summed E-state index contributed by atoms with van der Waals surface area (Å²) in [7, 11) is 0. The van der Waals surface area contributed by atoms with E-state index >= 15 is 0 Å². The van der Waals surface area contributed by atoms with E-state index in [1.807, 2.05) is 30.0 Å². The van der Waals surface area contributed by atoms with Gasteiger partial charge in [-0.3, -0.25) is 4.79 Å². The van der Waals surface area contributed by atoms with E-state index in [1.54, 1.807) is 13.0 Å². The minimum atomic E-state index is -0.0248. The van der Waals surface area contributed by atoms with Crippen molar-refractivity contribution in [3.63, 3.8) is 0 Å². The number of amides is 1. The van der Waals surface area contributed by atoms with E-state index < -0.39 is 0 Å². The summed E-state index contributed by atoms with van der Waals surface area (Å²) in [5, 5.41) is 3.94. The lowest BCUT2D eigenvalue weighted by molar-refractivity contribution is 0.0691. The third-order valence-corrected chi connectivity index (χ3v) is 5.07. The molecule has 25 heavy (non-hydrogen) atoms. The molecule has 0 unspecified atom stereocenters. The number of piperidine rings is 1. The number of carbonyl (C=O) groups is 1. The van der Waals surface area contributed by atoms with Crippen LogP contribution in [-0.4, -0.2) is 33.9 Å². The first-order valence-corrected chi connectivity index (χ1v) is 8.99. The summed E-state index contributed by atoms with van der Waals surface area (Å²) in [6, 6.07) is 7.38. The fourth-order valence-electron chi connectivity index (χ4n) is 3.00. The van der Waals surface area contributed by atoms with Crippen molar-refractivity contribution in [2.75, 3.05) is 18.4 Å². The molecule has 1 aliphatic heterocycles. The molecule has 5 nitrogen and oxygen atoms in total. The Morgan fingerprint density at radius 2 is 1.96 bits per heavy atom. The first-order chi connectivity index (χ1) is 11.9. The smallest absolute Gasteiger partial charge is 0.272 e. The van der Waals surface area contributed by atoms with Gasteiger partial charge in [-0.25, -0.2) is 9.97 Å². The van der Waals surface area contributed by atoms with Crippen LogP contribution in [0.2, 0.25) is 5.02 Å². The molecular weight excluding hydrogens is 336 g/mol. The van der Waals surface area contributed by atoms with E-state index in [1.165, 1.54) is 0 Å². The molecule has 2 aromatic rings. The highest BCUT2D eigenvalue weighted by molar-refractivity contribution is 6.31. The van der Waals surface area contributed by atoms with Crippen molar-refractivity contribution in [1.29, 1.82) is 0 Å². The van der Waals surface area contributed by atoms with Crippen LogP contribution < -0.4 is 5.32 Å². The molecule has 1 aliphatic rings. The van der Waals surface area contributed by atoms with Crippen LogP contribution in [0, 0.1) is 19.8 Å². The normalized spacial score (nSPS) is 15.3. The van der Waals surface area contributed by atoms with Gasteiger partial charge < -0.3 is 10.2 Å². The molecule has 0 aliphatic carbocycles. The lowest BCUT2D eigenvalue weighted by Gasteiger charge is -2.30. The highest BCUT2D eigenvalue weighted by atomic mass is 35.5. The van der Waals surface area contributed by atoms with Crippen molar-refractivity contribution in [2.45, 2.75) is 33.6 Å². The minimum Gasteiger partial charge on any atom is -0.340 e. The van der Waals surface area contributed by atoms with Gasteiger partial charge in [0.15, 0.2) is 0 Å². The second-order valence-corrected chi connectivity index (χ2v) is 7.10. The zero-order valence-electron chi connectivity index (χ0n) is 14.8. The number of rotatable bonds is 3. The van der Waals surface area contributed by atoms with Crippen LogP contribution in [0.1, 0.15) is 41.6 Å². The summed E-state index contributed by atoms with van der Waals surface area (Å²) in [5.41, 5.74) is 2.25. The van der Waals surface area contributed by atoms with E-state index in [9.17, 15) is 4.79 Å². The highest BCUT2D eigenvalue weighted by Crippen LogP contribution is 2.26. The zero-order valence-corrected chi connectivity index (χ0v) is 15.6. The Kier molecular flexibility index (Phi) is 5.23. The van der Waals surface area contributed by atoms with Crippen LogP contribution in [0.25, 0.3) is 0 Å². The second-order valence-electron chi connectivity index (χ2n) is 6.70. The molecule has 2 heterocycles. The minimum absolute atomic E-state index is 0.0248. The number of anilines is 2. The maximum absolute atomic E-state index is 12.8. The molecule has 3 rings (SSSR count). The maximum Gasteiger partial charge on any atom is 0.272 e. The van der Waals surface area contributed by atoms with Gasteiger partial charge in [-0.2, -0.15) is 0 Å². The molecule has 1 fully saturated rings. The molecule has 0 atom stereocenters. The number of nitrogens with zero attached hydrogens (tertiary/aromatic N) is 3. The van der Waals surface area contributed by atoms with Gasteiger partial charge in [0, 0.05) is 29.9 Å². The molecule has 0 bridgehead atoms. The van der Waals surface area contributed by atoms with Gasteiger partial charge in [0.05, 0.1) is 0 Å². The number of aryl methyl sites for hydroxylation is 1. The Labute approximate surface area is 153 Å². The number of benzene rings is 1. The number of aromatic nitrogens is 2. The quantitative estimate of drug-likeness (QED) is 0.885. The van der Waals surface area contributed by atoms with E-state index in [0.29, 0.717) is 28.3 Å². The molecule has 6 heteroatoms. The Balaban J connectivity index is 1.83. The van der Waals surface area contributed by atoms with E-state index in [0.717, 1.165) is 37.2 Å². The van der Waals surface area contributed by atoms with Gasteiger partial charge in [0.1, 0.15) is 17.3 Å².